The van der Waals surface area contributed by atoms with E-state index in [4.69, 9.17) is 31.1 Å². The van der Waals surface area contributed by atoms with Crippen LogP contribution in [-0.2, 0) is 0 Å². The number of methoxy groups -OCH3 is 1. The van der Waals surface area contributed by atoms with Gasteiger partial charge in [0, 0.05) is 5.56 Å². The van der Waals surface area contributed by atoms with Gasteiger partial charge >= 0.3 is 0 Å². The molecule has 0 fully saturated rings. The summed E-state index contributed by atoms with van der Waals surface area (Å²) in [6.45, 7) is 1.16. The van der Waals surface area contributed by atoms with Crippen molar-refractivity contribution in [2.24, 2.45) is 0 Å². The van der Waals surface area contributed by atoms with Crippen molar-refractivity contribution in [3.05, 3.63) is 53.6 Å². The summed E-state index contributed by atoms with van der Waals surface area (Å²) in [4.78, 5) is 11.2. The maximum atomic E-state index is 11.2. The van der Waals surface area contributed by atoms with E-state index in [0.29, 0.717) is 35.8 Å². The molecule has 0 atom stereocenters. The summed E-state index contributed by atoms with van der Waals surface area (Å²) in [5.74, 6) is 1.84. The molecule has 0 aliphatic heterocycles. The van der Waals surface area contributed by atoms with Crippen molar-refractivity contribution in [3.8, 4) is 23.3 Å². The Morgan fingerprint density at radius 3 is 2.31 bits per heavy atom. The van der Waals surface area contributed by atoms with Crippen LogP contribution in [0.2, 0.25) is 0 Å². The molecule has 26 heavy (non-hydrogen) atoms. The molecule has 0 heterocycles. The van der Waals surface area contributed by atoms with Gasteiger partial charge in [0.25, 0.3) is 5.24 Å². The van der Waals surface area contributed by atoms with Crippen LogP contribution in [0.4, 0.5) is 0 Å². The molecule has 0 unspecified atom stereocenters. The van der Waals surface area contributed by atoms with Crippen LogP contribution in [0.1, 0.15) is 35.2 Å². The van der Waals surface area contributed by atoms with Crippen LogP contribution >= 0.6 is 11.6 Å². The molecular formula is C20H20ClNO4. The highest BCUT2D eigenvalue weighted by atomic mass is 35.5. The molecule has 6 heteroatoms. The van der Waals surface area contributed by atoms with E-state index in [1.165, 1.54) is 7.11 Å². The van der Waals surface area contributed by atoms with Crippen molar-refractivity contribution in [1.29, 1.82) is 5.26 Å². The third-order valence-electron chi connectivity index (χ3n) is 3.69. The number of carbonyl (C=O) groups excluding carboxylic acids is 1. The fourth-order valence-corrected chi connectivity index (χ4v) is 2.41. The Kier molecular flexibility index (Phi) is 7.78. The topological polar surface area (TPSA) is 68.6 Å². The number of nitrogens with zero attached hydrogens (tertiary/aromatic N) is 1. The molecule has 0 aromatic heterocycles. The minimum absolute atomic E-state index is 0.371. The van der Waals surface area contributed by atoms with Crippen molar-refractivity contribution in [2.75, 3.05) is 20.3 Å². The summed E-state index contributed by atoms with van der Waals surface area (Å²) in [5, 5.41) is 8.22. The van der Waals surface area contributed by atoms with Crippen molar-refractivity contribution >= 4 is 16.8 Å². The number of hydrogen-bond donors (Lipinski definition) is 0. The van der Waals surface area contributed by atoms with Crippen molar-refractivity contribution in [3.63, 3.8) is 0 Å². The third-order valence-corrected chi connectivity index (χ3v) is 3.91. The molecule has 2 rings (SSSR count). The van der Waals surface area contributed by atoms with Gasteiger partial charge < -0.3 is 14.2 Å². The average Bonchev–Trinajstić information content (AvgIpc) is 2.67. The van der Waals surface area contributed by atoms with Gasteiger partial charge in [-0.25, -0.2) is 0 Å². The van der Waals surface area contributed by atoms with Gasteiger partial charge in [0.2, 0.25) is 0 Å². The lowest BCUT2D eigenvalue weighted by atomic mass is 10.2. The number of rotatable bonds is 10. The summed E-state index contributed by atoms with van der Waals surface area (Å²) in [7, 11) is 1.52. The molecule has 136 valence electrons. The molecule has 0 spiro atoms. The van der Waals surface area contributed by atoms with E-state index >= 15 is 0 Å². The lowest BCUT2D eigenvalue weighted by Crippen LogP contribution is -2.02. The summed E-state index contributed by atoms with van der Waals surface area (Å²) < 4.78 is 16.6. The Hall–Kier alpha value is -2.71. The highest BCUT2D eigenvalue weighted by molar-refractivity contribution is 6.67. The lowest BCUT2D eigenvalue weighted by molar-refractivity contribution is 0.108. The molecule has 0 amide bonds. The Morgan fingerprint density at radius 1 is 1.00 bits per heavy atom. The maximum Gasteiger partial charge on any atom is 0.252 e. The molecule has 0 aliphatic carbocycles. The molecule has 0 bridgehead atoms. The van der Waals surface area contributed by atoms with E-state index < -0.39 is 5.24 Å². The molecule has 2 aromatic carbocycles. The molecule has 0 N–H and O–H groups in total. The number of benzene rings is 2. The quantitative estimate of drug-likeness (QED) is 0.450. The zero-order valence-electron chi connectivity index (χ0n) is 14.5. The van der Waals surface area contributed by atoms with Gasteiger partial charge in [0.05, 0.1) is 32.0 Å². The van der Waals surface area contributed by atoms with E-state index in [1.54, 1.807) is 42.5 Å². The van der Waals surface area contributed by atoms with Crippen LogP contribution in [0.25, 0.3) is 0 Å². The Labute approximate surface area is 158 Å². The zero-order chi connectivity index (χ0) is 18.8. The van der Waals surface area contributed by atoms with E-state index in [0.717, 1.165) is 25.0 Å². The predicted octanol–water partition coefficient (Wildman–Crippen LogP) is 4.57. The highest BCUT2D eigenvalue weighted by Gasteiger charge is 2.09. The first-order valence-corrected chi connectivity index (χ1v) is 8.65. The predicted molar refractivity (Wildman–Crippen MR) is 99.2 cm³/mol. The standard InChI is InChI=1S/C20H20ClNO4/c1-24-19-13-16(20(21)23)7-10-18(19)26-12-4-2-3-11-25-17-8-5-15(14-22)6-9-17/h5-10,13H,2-4,11-12H2,1H3. The number of ether oxygens (including phenoxy) is 3. The van der Waals surface area contributed by atoms with Gasteiger partial charge in [-0.05, 0) is 73.3 Å². The monoisotopic (exact) mass is 373 g/mol. The average molecular weight is 374 g/mol. The second kappa shape index (κ2) is 10.3. The molecule has 0 aliphatic rings. The summed E-state index contributed by atoms with van der Waals surface area (Å²) in [6.07, 6.45) is 2.73. The second-order valence-corrected chi connectivity index (χ2v) is 5.88. The molecule has 0 radical (unpaired) electrons. The largest absolute Gasteiger partial charge is 0.494 e. The molecule has 5 nitrogen and oxygen atoms in total. The number of nitriles is 1. The highest BCUT2D eigenvalue weighted by Crippen LogP contribution is 2.28. The van der Waals surface area contributed by atoms with Gasteiger partial charge in [-0.3, -0.25) is 4.79 Å². The summed E-state index contributed by atoms with van der Waals surface area (Å²) in [5.41, 5.74) is 0.990. The molecule has 0 saturated carbocycles. The first-order chi connectivity index (χ1) is 12.6. The summed E-state index contributed by atoms with van der Waals surface area (Å²) >= 11 is 5.46. The third kappa shape index (κ3) is 5.98. The van der Waals surface area contributed by atoms with Gasteiger partial charge in [-0.2, -0.15) is 5.26 Å². The first-order valence-electron chi connectivity index (χ1n) is 8.27. The van der Waals surface area contributed by atoms with Crippen LogP contribution in [-0.4, -0.2) is 25.6 Å². The van der Waals surface area contributed by atoms with Gasteiger partial charge in [-0.1, -0.05) is 0 Å². The Morgan fingerprint density at radius 2 is 1.69 bits per heavy atom. The smallest absolute Gasteiger partial charge is 0.252 e. The number of unbranched alkanes of at least 4 members (excludes halogenated alkanes) is 2. The minimum atomic E-state index is -0.530. The zero-order valence-corrected chi connectivity index (χ0v) is 15.3. The van der Waals surface area contributed by atoms with Crippen LogP contribution in [0.15, 0.2) is 42.5 Å². The van der Waals surface area contributed by atoms with E-state index in [2.05, 4.69) is 6.07 Å². The second-order valence-electron chi connectivity index (χ2n) is 5.53. The van der Waals surface area contributed by atoms with Crippen LogP contribution in [0.3, 0.4) is 0 Å². The first kappa shape index (κ1) is 19.6. The lowest BCUT2D eigenvalue weighted by Gasteiger charge is -2.11. The van der Waals surface area contributed by atoms with E-state index in [-0.39, 0.29) is 0 Å². The van der Waals surface area contributed by atoms with Gasteiger partial charge in [-0.15, -0.1) is 0 Å². The normalized spacial score (nSPS) is 10.0. The van der Waals surface area contributed by atoms with Crippen molar-refractivity contribution in [2.45, 2.75) is 19.3 Å². The maximum absolute atomic E-state index is 11.2. The summed E-state index contributed by atoms with van der Waals surface area (Å²) in [6, 6.07) is 14.0. The number of halogens is 1. The molecular weight excluding hydrogens is 354 g/mol. The molecule has 0 saturated heterocycles. The van der Waals surface area contributed by atoms with Crippen molar-refractivity contribution < 1.29 is 19.0 Å². The Bertz CT molecular complexity index is 768. The minimum Gasteiger partial charge on any atom is -0.494 e. The van der Waals surface area contributed by atoms with Crippen molar-refractivity contribution in [1.82, 2.24) is 0 Å². The van der Waals surface area contributed by atoms with E-state index in [1.807, 2.05) is 0 Å². The SMILES string of the molecule is COc1cc(C(=O)Cl)ccc1OCCCCCOc1ccc(C#N)cc1. The van der Waals surface area contributed by atoms with Crippen LogP contribution in [0, 0.1) is 11.3 Å². The van der Waals surface area contributed by atoms with Gasteiger partial charge in [0.15, 0.2) is 11.5 Å². The van der Waals surface area contributed by atoms with Crippen LogP contribution < -0.4 is 14.2 Å². The van der Waals surface area contributed by atoms with Gasteiger partial charge in [0.1, 0.15) is 5.75 Å². The fourth-order valence-electron chi connectivity index (χ4n) is 2.29. The number of carbonyl (C=O) groups is 1. The fraction of sp³-hybridized carbons (Fsp3) is 0.300. The van der Waals surface area contributed by atoms with E-state index in [9.17, 15) is 4.79 Å². The Balaban J connectivity index is 1.66. The molecule has 2 aromatic rings. The number of hydrogen-bond acceptors (Lipinski definition) is 5. The van der Waals surface area contributed by atoms with Crippen LogP contribution in [0.5, 0.6) is 17.2 Å².